The number of esters is 1. The minimum Gasteiger partial charge on any atom is -0.465 e. The molecular weight excluding hydrogens is 420 g/mol. The second kappa shape index (κ2) is 9.67. The molecule has 0 aliphatic heterocycles. The fourth-order valence-corrected chi connectivity index (χ4v) is 3.39. The molecule has 0 saturated carbocycles. The number of aromatic nitrogens is 2. The van der Waals surface area contributed by atoms with E-state index in [1.807, 2.05) is 24.3 Å². The molecule has 0 atom stereocenters. The zero-order valence-electron chi connectivity index (χ0n) is 17.1. The van der Waals surface area contributed by atoms with E-state index in [9.17, 15) is 18.0 Å². The number of ether oxygens (including phenoxy) is 1. The molecule has 0 unspecified atom stereocenters. The van der Waals surface area contributed by atoms with Crippen LogP contribution in [0.15, 0.2) is 65.5 Å². The number of carbonyl (C=O) groups excluding carboxylic acids is 1. The van der Waals surface area contributed by atoms with Crippen molar-refractivity contribution in [3.63, 3.8) is 0 Å². The standard InChI is InChI=1S/C22H22N2O6S/c1-29-22(26)19-8-4-6-17(14-19)15-24-21(25)10-9-20(23-24)18-7-3-5-16(13-18)11-12-30-31(2,27)28/h3-10,13-14H,11-12,15H2,1-2H3. The summed E-state index contributed by atoms with van der Waals surface area (Å²) in [7, 11) is -2.17. The predicted molar refractivity (Wildman–Crippen MR) is 115 cm³/mol. The zero-order valence-corrected chi connectivity index (χ0v) is 18.0. The Kier molecular flexibility index (Phi) is 6.98. The van der Waals surface area contributed by atoms with Crippen LogP contribution in [0.1, 0.15) is 21.5 Å². The molecule has 9 heteroatoms. The van der Waals surface area contributed by atoms with Gasteiger partial charge in [0.05, 0.1) is 37.8 Å². The lowest BCUT2D eigenvalue weighted by Gasteiger charge is -2.09. The van der Waals surface area contributed by atoms with Gasteiger partial charge in [-0.05, 0) is 41.8 Å². The Labute approximate surface area is 180 Å². The molecule has 0 fully saturated rings. The number of nitrogens with zero attached hydrogens (tertiary/aromatic N) is 2. The van der Waals surface area contributed by atoms with Crippen LogP contribution in [0.2, 0.25) is 0 Å². The number of hydrogen-bond donors (Lipinski definition) is 0. The molecule has 0 bridgehead atoms. The van der Waals surface area contributed by atoms with E-state index in [1.54, 1.807) is 30.3 Å². The van der Waals surface area contributed by atoms with Gasteiger partial charge < -0.3 is 4.74 Å². The fourth-order valence-electron chi connectivity index (χ4n) is 3.00. The van der Waals surface area contributed by atoms with Gasteiger partial charge >= 0.3 is 5.97 Å². The first-order valence-corrected chi connectivity index (χ1v) is 11.3. The summed E-state index contributed by atoms with van der Waals surface area (Å²) in [4.78, 5) is 24.1. The maximum atomic E-state index is 12.3. The molecule has 3 aromatic rings. The summed E-state index contributed by atoms with van der Waals surface area (Å²) in [6, 6.07) is 17.3. The molecular formula is C22H22N2O6S. The van der Waals surface area contributed by atoms with Crippen molar-refractivity contribution in [1.82, 2.24) is 9.78 Å². The molecule has 162 valence electrons. The maximum absolute atomic E-state index is 12.3. The van der Waals surface area contributed by atoms with Gasteiger partial charge in [0.25, 0.3) is 15.7 Å². The molecule has 0 amide bonds. The summed E-state index contributed by atoms with van der Waals surface area (Å²) in [6.45, 7) is 0.241. The highest BCUT2D eigenvalue weighted by Crippen LogP contribution is 2.18. The third kappa shape index (κ3) is 6.34. The van der Waals surface area contributed by atoms with Crippen LogP contribution < -0.4 is 5.56 Å². The maximum Gasteiger partial charge on any atom is 0.337 e. The van der Waals surface area contributed by atoms with Gasteiger partial charge in [-0.15, -0.1) is 0 Å². The van der Waals surface area contributed by atoms with Crippen LogP contribution in [0.25, 0.3) is 11.3 Å². The van der Waals surface area contributed by atoms with Crippen molar-refractivity contribution in [3.8, 4) is 11.3 Å². The summed E-state index contributed by atoms with van der Waals surface area (Å²) in [5, 5.41) is 4.45. The topological polar surface area (TPSA) is 105 Å². The van der Waals surface area contributed by atoms with E-state index in [2.05, 4.69) is 5.10 Å². The highest BCUT2D eigenvalue weighted by Gasteiger charge is 2.09. The normalized spacial score (nSPS) is 11.3. The Hall–Kier alpha value is -3.30. The summed E-state index contributed by atoms with van der Waals surface area (Å²) in [6.07, 6.45) is 1.43. The van der Waals surface area contributed by atoms with Crippen LogP contribution >= 0.6 is 0 Å². The smallest absolute Gasteiger partial charge is 0.337 e. The highest BCUT2D eigenvalue weighted by atomic mass is 32.2. The molecule has 1 heterocycles. The molecule has 3 rings (SSSR count). The van der Waals surface area contributed by atoms with E-state index >= 15 is 0 Å². The van der Waals surface area contributed by atoms with Gasteiger partial charge in [-0.25, -0.2) is 9.48 Å². The van der Waals surface area contributed by atoms with Crippen LogP contribution in [0.5, 0.6) is 0 Å². The van der Waals surface area contributed by atoms with Crippen LogP contribution in [0.4, 0.5) is 0 Å². The Morgan fingerprint density at radius 3 is 2.52 bits per heavy atom. The minimum atomic E-state index is -3.49. The molecule has 2 aromatic carbocycles. The van der Waals surface area contributed by atoms with E-state index in [4.69, 9.17) is 8.92 Å². The summed E-state index contributed by atoms with van der Waals surface area (Å²) < 4.78 is 33.1. The summed E-state index contributed by atoms with van der Waals surface area (Å²) in [5.74, 6) is -0.451. The van der Waals surface area contributed by atoms with Crippen molar-refractivity contribution in [3.05, 3.63) is 87.7 Å². The number of benzene rings is 2. The number of hydrogen-bond acceptors (Lipinski definition) is 7. The SMILES string of the molecule is COC(=O)c1cccc(Cn2nc(-c3cccc(CCOS(C)(=O)=O)c3)ccc2=O)c1. The Morgan fingerprint density at radius 1 is 1.03 bits per heavy atom. The molecule has 8 nitrogen and oxygen atoms in total. The molecule has 31 heavy (non-hydrogen) atoms. The van der Waals surface area contributed by atoms with Gasteiger partial charge in [0, 0.05) is 11.6 Å². The highest BCUT2D eigenvalue weighted by molar-refractivity contribution is 7.85. The van der Waals surface area contributed by atoms with E-state index in [0.717, 1.165) is 22.9 Å². The van der Waals surface area contributed by atoms with Gasteiger partial charge in [0.2, 0.25) is 0 Å². The van der Waals surface area contributed by atoms with E-state index in [1.165, 1.54) is 17.9 Å². The van der Waals surface area contributed by atoms with Crippen molar-refractivity contribution in [1.29, 1.82) is 0 Å². The molecule has 0 aliphatic carbocycles. The lowest BCUT2D eigenvalue weighted by Crippen LogP contribution is -2.23. The molecule has 0 spiro atoms. The number of carbonyl (C=O) groups is 1. The first-order chi connectivity index (χ1) is 14.7. The zero-order chi connectivity index (χ0) is 22.4. The van der Waals surface area contributed by atoms with Gasteiger partial charge in [-0.2, -0.15) is 13.5 Å². The average molecular weight is 442 g/mol. The van der Waals surface area contributed by atoms with Crippen LogP contribution in [0, 0.1) is 0 Å². The molecule has 0 N–H and O–H groups in total. The molecule has 1 aromatic heterocycles. The molecule has 0 radical (unpaired) electrons. The van der Waals surface area contributed by atoms with E-state index in [0.29, 0.717) is 17.7 Å². The third-order valence-electron chi connectivity index (χ3n) is 4.46. The predicted octanol–water partition coefficient (Wildman–Crippen LogP) is 2.26. The second-order valence-corrected chi connectivity index (χ2v) is 8.53. The number of methoxy groups -OCH3 is 1. The third-order valence-corrected chi connectivity index (χ3v) is 5.05. The average Bonchev–Trinajstić information content (AvgIpc) is 2.74. The monoisotopic (exact) mass is 442 g/mol. The lowest BCUT2D eigenvalue weighted by atomic mass is 10.1. The largest absolute Gasteiger partial charge is 0.465 e. The van der Waals surface area contributed by atoms with Crippen molar-refractivity contribution in [2.75, 3.05) is 20.0 Å². The Balaban J connectivity index is 1.82. The van der Waals surface area contributed by atoms with Crippen LogP contribution in [0.3, 0.4) is 0 Å². The van der Waals surface area contributed by atoms with Gasteiger partial charge in [0.1, 0.15) is 0 Å². The van der Waals surface area contributed by atoms with Gasteiger partial charge in [-0.1, -0.05) is 30.3 Å². The van der Waals surface area contributed by atoms with Crippen molar-refractivity contribution in [2.24, 2.45) is 0 Å². The molecule has 0 aliphatic rings. The fraction of sp³-hybridized carbons (Fsp3) is 0.227. The summed E-state index contributed by atoms with van der Waals surface area (Å²) in [5.41, 5.74) is 3.12. The number of rotatable bonds is 8. The second-order valence-electron chi connectivity index (χ2n) is 6.88. The summed E-state index contributed by atoms with van der Waals surface area (Å²) >= 11 is 0. The van der Waals surface area contributed by atoms with E-state index in [-0.39, 0.29) is 18.7 Å². The van der Waals surface area contributed by atoms with E-state index < -0.39 is 16.1 Å². The van der Waals surface area contributed by atoms with Crippen molar-refractivity contribution >= 4 is 16.1 Å². The van der Waals surface area contributed by atoms with Crippen LogP contribution in [-0.4, -0.2) is 44.1 Å². The first kappa shape index (κ1) is 22.4. The first-order valence-electron chi connectivity index (χ1n) is 9.44. The van der Waals surface area contributed by atoms with Crippen molar-refractivity contribution in [2.45, 2.75) is 13.0 Å². The van der Waals surface area contributed by atoms with Gasteiger partial charge in [-0.3, -0.25) is 8.98 Å². The van der Waals surface area contributed by atoms with Crippen LogP contribution in [-0.2, 0) is 32.0 Å². The Morgan fingerprint density at radius 2 is 1.77 bits per heavy atom. The minimum absolute atomic E-state index is 0.0474. The van der Waals surface area contributed by atoms with Gasteiger partial charge in [0.15, 0.2) is 0 Å². The molecule has 0 saturated heterocycles. The quantitative estimate of drug-likeness (QED) is 0.389. The Bertz CT molecular complexity index is 1250. The lowest BCUT2D eigenvalue weighted by molar-refractivity contribution is 0.0600. The van der Waals surface area contributed by atoms with Crippen molar-refractivity contribution < 1.29 is 22.1 Å².